The number of nitrogens with one attached hydrogen (secondary N) is 2. The highest BCUT2D eigenvalue weighted by molar-refractivity contribution is 7.12. The van der Waals surface area contributed by atoms with Gasteiger partial charge >= 0.3 is 5.97 Å². The first kappa shape index (κ1) is 24.9. The topological polar surface area (TPSA) is 133 Å². The number of aryl methyl sites for hydroxylation is 1. The van der Waals surface area contributed by atoms with Crippen LogP contribution in [0.5, 0.6) is 5.75 Å². The molecular weight excluding hydrogens is 480 g/mol. The average Bonchev–Trinajstić information content (AvgIpc) is 3.35. The van der Waals surface area contributed by atoms with Gasteiger partial charge in [0.2, 0.25) is 0 Å². The summed E-state index contributed by atoms with van der Waals surface area (Å²) in [6.07, 6.45) is 0.541. The van der Waals surface area contributed by atoms with Crippen molar-refractivity contribution in [3.05, 3.63) is 86.6 Å². The van der Waals surface area contributed by atoms with Crippen molar-refractivity contribution >= 4 is 46.5 Å². The SMILES string of the molecule is O=C(CCc1ccc(C(=O)N[C@@H](CNC(=O)c2cccs2)C(=O)O)c(Cl)c1)c1cccc(O)c1. The van der Waals surface area contributed by atoms with Crippen molar-refractivity contribution in [2.24, 2.45) is 0 Å². The lowest BCUT2D eigenvalue weighted by molar-refractivity contribution is -0.139. The van der Waals surface area contributed by atoms with Crippen LogP contribution in [0.1, 0.15) is 42.4 Å². The van der Waals surface area contributed by atoms with Crippen LogP contribution in [-0.4, -0.2) is 46.4 Å². The largest absolute Gasteiger partial charge is 0.508 e. The Balaban J connectivity index is 1.59. The molecule has 2 amide bonds. The number of rotatable bonds is 10. The normalized spacial score (nSPS) is 11.4. The second kappa shape index (κ2) is 11.4. The van der Waals surface area contributed by atoms with Crippen molar-refractivity contribution in [1.29, 1.82) is 0 Å². The predicted molar refractivity (Wildman–Crippen MR) is 128 cm³/mol. The van der Waals surface area contributed by atoms with Crippen LogP contribution in [0.15, 0.2) is 60.0 Å². The van der Waals surface area contributed by atoms with Gasteiger partial charge < -0.3 is 20.8 Å². The van der Waals surface area contributed by atoms with Crippen molar-refractivity contribution in [2.75, 3.05) is 6.54 Å². The Morgan fingerprint density at radius 3 is 2.44 bits per heavy atom. The molecule has 1 atom stereocenters. The van der Waals surface area contributed by atoms with E-state index in [4.69, 9.17) is 11.6 Å². The highest BCUT2D eigenvalue weighted by Crippen LogP contribution is 2.20. The van der Waals surface area contributed by atoms with E-state index in [1.807, 2.05) is 0 Å². The molecule has 0 spiro atoms. The van der Waals surface area contributed by atoms with E-state index in [0.29, 0.717) is 22.4 Å². The number of thiophene rings is 1. The van der Waals surface area contributed by atoms with Crippen LogP contribution in [0.3, 0.4) is 0 Å². The van der Waals surface area contributed by atoms with Gasteiger partial charge in [0, 0.05) is 18.5 Å². The Bertz CT molecular complexity index is 1210. The number of phenols is 1. The number of halogens is 1. The van der Waals surface area contributed by atoms with E-state index in [1.165, 1.54) is 29.5 Å². The summed E-state index contributed by atoms with van der Waals surface area (Å²) in [6.45, 7) is -0.301. The molecule has 176 valence electrons. The molecule has 4 N–H and O–H groups in total. The molecule has 1 aromatic heterocycles. The van der Waals surface area contributed by atoms with Gasteiger partial charge in [0.25, 0.3) is 11.8 Å². The van der Waals surface area contributed by atoms with E-state index in [1.54, 1.807) is 41.8 Å². The van der Waals surface area contributed by atoms with E-state index in [0.717, 1.165) is 0 Å². The summed E-state index contributed by atoms with van der Waals surface area (Å²) in [5.74, 6) is -2.58. The Hall–Kier alpha value is -3.69. The van der Waals surface area contributed by atoms with E-state index >= 15 is 0 Å². The van der Waals surface area contributed by atoms with Gasteiger partial charge in [0.05, 0.1) is 15.5 Å². The molecule has 0 saturated heterocycles. The number of aromatic hydroxyl groups is 1. The van der Waals surface area contributed by atoms with E-state index < -0.39 is 23.8 Å². The highest BCUT2D eigenvalue weighted by atomic mass is 35.5. The molecular formula is C24H21ClN2O6S. The number of amides is 2. The number of hydrogen-bond acceptors (Lipinski definition) is 6. The molecule has 0 bridgehead atoms. The van der Waals surface area contributed by atoms with Gasteiger partial charge in [-0.15, -0.1) is 11.3 Å². The zero-order chi connectivity index (χ0) is 24.7. The highest BCUT2D eigenvalue weighted by Gasteiger charge is 2.23. The molecule has 0 unspecified atom stereocenters. The molecule has 3 rings (SSSR count). The second-order valence-corrected chi connectivity index (χ2v) is 8.69. The van der Waals surface area contributed by atoms with Crippen molar-refractivity contribution < 1.29 is 29.4 Å². The molecule has 0 saturated carbocycles. The second-order valence-electron chi connectivity index (χ2n) is 7.34. The van der Waals surface area contributed by atoms with E-state index in [-0.39, 0.29) is 35.1 Å². The first-order valence-electron chi connectivity index (χ1n) is 10.2. The third kappa shape index (κ3) is 6.66. The summed E-state index contributed by atoms with van der Waals surface area (Å²) in [4.78, 5) is 48.9. The number of carbonyl (C=O) groups excluding carboxylic acids is 3. The monoisotopic (exact) mass is 500 g/mol. The van der Waals surface area contributed by atoms with Gasteiger partial charge in [-0.2, -0.15) is 0 Å². The molecule has 0 aliphatic heterocycles. The van der Waals surface area contributed by atoms with Crippen LogP contribution < -0.4 is 10.6 Å². The zero-order valence-electron chi connectivity index (χ0n) is 17.8. The van der Waals surface area contributed by atoms with Gasteiger partial charge in [-0.25, -0.2) is 4.79 Å². The van der Waals surface area contributed by atoms with Gasteiger partial charge in [-0.3, -0.25) is 14.4 Å². The van der Waals surface area contributed by atoms with Gasteiger partial charge in [-0.05, 0) is 47.7 Å². The fraction of sp³-hybridized carbons (Fsp3) is 0.167. The summed E-state index contributed by atoms with van der Waals surface area (Å²) in [6, 6.07) is 12.6. The average molecular weight is 501 g/mol. The van der Waals surface area contributed by atoms with Gasteiger partial charge in [0.1, 0.15) is 11.8 Å². The minimum Gasteiger partial charge on any atom is -0.508 e. The predicted octanol–water partition coefficient (Wildman–Crippen LogP) is 3.54. The first-order valence-corrected chi connectivity index (χ1v) is 11.5. The number of carboxylic acid groups (broad SMARTS) is 1. The van der Waals surface area contributed by atoms with Gasteiger partial charge in [0.15, 0.2) is 5.78 Å². The lowest BCUT2D eigenvalue weighted by atomic mass is 10.0. The van der Waals surface area contributed by atoms with Crippen LogP contribution in [0, 0.1) is 0 Å². The standard InChI is InChI=1S/C24H21ClN2O6S/c25-18-11-14(7-9-20(29)15-3-1-4-16(28)12-15)6-8-17(18)22(30)27-19(24(32)33)13-26-23(31)21-5-2-10-34-21/h1-6,8,10-12,19,28H,7,9,13H2,(H,26,31)(H,27,30)(H,32,33)/t19-/m0/s1. The number of benzene rings is 2. The molecule has 0 aliphatic rings. The lowest BCUT2D eigenvalue weighted by Crippen LogP contribution is -2.48. The molecule has 0 radical (unpaired) electrons. The third-order valence-corrected chi connectivity index (χ3v) is 6.08. The minimum atomic E-state index is -1.35. The fourth-order valence-corrected chi connectivity index (χ4v) is 4.03. The lowest BCUT2D eigenvalue weighted by Gasteiger charge is -2.16. The summed E-state index contributed by atoms with van der Waals surface area (Å²) in [5, 5.41) is 25.6. The molecule has 0 fully saturated rings. The van der Waals surface area contributed by atoms with Crippen LogP contribution >= 0.6 is 22.9 Å². The Labute approximate surface area is 204 Å². The number of hydrogen-bond donors (Lipinski definition) is 4. The molecule has 2 aromatic carbocycles. The van der Waals surface area contributed by atoms with Crippen LogP contribution in [0.4, 0.5) is 0 Å². The van der Waals surface area contributed by atoms with Crippen molar-refractivity contribution in [1.82, 2.24) is 10.6 Å². The zero-order valence-corrected chi connectivity index (χ0v) is 19.4. The Morgan fingerprint density at radius 2 is 1.79 bits per heavy atom. The number of carbonyl (C=O) groups is 4. The maximum atomic E-state index is 12.6. The number of carboxylic acids is 1. The third-order valence-electron chi connectivity index (χ3n) is 4.90. The molecule has 10 heteroatoms. The molecule has 0 aliphatic carbocycles. The minimum absolute atomic E-state index is 0.00927. The number of phenolic OH excluding ortho intramolecular Hbond substituents is 1. The first-order chi connectivity index (χ1) is 16.2. The van der Waals surface area contributed by atoms with Crippen molar-refractivity contribution in [3.63, 3.8) is 0 Å². The van der Waals surface area contributed by atoms with Crippen LogP contribution in [0.2, 0.25) is 5.02 Å². The molecule has 3 aromatic rings. The molecule has 34 heavy (non-hydrogen) atoms. The van der Waals surface area contributed by atoms with Crippen LogP contribution in [-0.2, 0) is 11.2 Å². The summed E-state index contributed by atoms with van der Waals surface area (Å²) < 4.78 is 0. The maximum Gasteiger partial charge on any atom is 0.328 e. The smallest absolute Gasteiger partial charge is 0.328 e. The number of aliphatic carboxylic acids is 1. The van der Waals surface area contributed by atoms with E-state index in [9.17, 15) is 29.4 Å². The molecule has 1 heterocycles. The molecule has 8 nitrogen and oxygen atoms in total. The number of ketones is 1. The Kier molecular flexibility index (Phi) is 8.39. The summed E-state index contributed by atoms with van der Waals surface area (Å²) in [7, 11) is 0. The number of Topliss-reactive ketones (excluding diaryl/α,β-unsaturated/α-hetero) is 1. The van der Waals surface area contributed by atoms with Crippen molar-refractivity contribution in [3.8, 4) is 5.75 Å². The summed E-state index contributed by atoms with van der Waals surface area (Å²) >= 11 is 7.45. The maximum absolute atomic E-state index is 12.6. The summed E-state index contributed by atoms with van der Waals surface area (Å²) in [5.41, 5.74) is 1.18. The quantitative estimate of drug-likeness (QED) is 0.315. The van der Waals surface area contributed by atoms with Gasteiger partial charge in [-0.1, -0.05) is 35.9 Å². The Morgan fingerprint density at radius 1 is 1.00 bits per heavy atom. The fourth-order valence-electron chi connectivity index (χ4n) is 3.11. The van der Waals surface area contributed by atoms with E-state index in [2.05, 4.69) is 10.6 Å². The van der Waals surface area contributed by atoms with Crippen molar-refractivity contribution in [2.45, 2.75) is 18.9 Å². The van der Waals surface area contributed by atoms with Crippen LogP contribution in [0.25, 0.3) is 0 Å².